The van der Waals surface area contributed by atoms with Crippen molar-refractivity contribution in [3.63, 3.8) is 0 Å². The smallest absolute Gasteiger partial charge is 0.312 e. The second kappa shape index (κ2) is 6.56. The van der Waals surface area contributed by atoms with E-state index in [9.17, 15) is 10.1 Å². The summed E-state index contributed by atoms with van der Waals surface area (Å²) in [4.78, 5) is 10.6. The fraction of sp³-hybridized carbons (Fsp3) is 0.571. The van der Waals surface area contributed by atoms with Crippen molar-refractivity contribution in [3.05, 3.63) is 28.3 Å². The number of anilines is 1. The van der Waals surface area contributed by atoms with Crippen molar-refractivity contribution >= 4 is 11.4 Å². The Hall–Kier alpha value is -1.82. The van der Waals surface area contributed by atoms with Crippen LogP contribution in [0.15, 0.2) is 18.2 Å². The minimum Gasteiger partial charge on any atom is -0.490 e. The molecule has 0 aliphatic carbocycles. The normalized spacial score (nSPS) is 19.6. The molecule has 2 atom stereocenters. The van der Waals surface area contributed by atoms with E-state index in [1.54, 1.807) is 6.07 Å². The van der Waals surface area contributed by atoms with Crippen molar-refractivity contribution in [2.45, 2.75) is 38.3 Å². The minimum atomic E-state index is -0.423. The van der Waals surface area contributed by atoms with E-state index in [0.29, 0.717) is 6.04 Å². The third kappa shape index (κ3) is 3.60. The van der Waals surface area contributed by atoms with Gasteiger partial charge in [-0.1, -0.05) is 0 Å². The number of hydrogen-bond donors (Lipinski definition) is 2. The Bertz CT molecular complexity index is 473. The summed E-state index contributed by atoms with van der Waals surface area (Å²) < 4.78 is 4.99. The van der Waals surface area contributed by atoms with Crippen LogP contribution in [0.25, 0.3) is 0 Å². The maximum absolute atomic E-state index is 11.0. The number of hydrogen-bond acceptors (Lipinski definition) is 5. The molecule has 1 aliphatic rings. The minimum absolute atomic E-state index is 0.0105. The Morgan fingerprint density at radius 1 is 1.60 bits per heavy atom. The topological polar surface area (TPSA) is 76.4 Å². The second-order valence-corrected chi connectivity index (χ2v) is 5.22. The Morgan fingerprint density at radius 3 is 3.00 bits per heavy atom. The molecule has 2 unspecified atom stereocenters. The number of methoxy groups -OCH3 is 1. The highest BCUT2D eigenvalue weighted by Gasteiger charge is 2.19. The number of nitrogens with one attached hydrogen (secondary N) is 2. The Morgan fingerprint density at radius 2 is 2.40 bits per heavy atom. The molecule has 20 heavy (non-hydrogen) atoms. The molecule has 0 radical (unpaired) electrons. The lowest BCUT2D eigenvalue weighted by Gasteiger charge is -2.19. The molecule has 110 valence electrons. The molecule has 1 saturated heterocycles. The maximum Gasteiger partial charge on any atom is 0.312 e. The first-order chi connectivity index (χ1) is 9.60. The van der Waals surface area contributed by atoms with Crippen molar-refractivity contribution in [1.29, 1.82) is 0 Å². The van der Waals surface area contributed by atoms with E-state index in [-0.39, 0.29) is 17.5 Å². The number of nitro benzene ring substituents is 1. The molecular weight excluding hydrogens is 258 g/mol. The van der Waals surface area contributed by atoms with Crippen molar-refractivity contribution in [1.82, 2.24) is 5.32 Å². The van der Waals surface area contributed by atoms with Gasteiger partial charge in [0.25, 0.3) is 0 Å². The largest absolute Gasteiger partial charge is 0.490 e. The van der Waals surface area contributed by atoms with Crippen LogP contribution in [0.1, 0.15) is 26.2 Å². The quantitative estimate of drug-likeness (QED) is 0.618. The maximum atomic E-state index is 11.0. The summed E-state index contributed by atoms with van der Waals surface area (Å²) >= 11 is 0. The third-order valence-electron chi connectivity index (χ3n) is 3.59. The highest BCUT2D eigenvalue weighted by atomic mass is 16.6. The first-order valence-corrected chi connectivity index (χ1v) is 6.92. The Kier molecular flexibility index (Phi) is 4.79. The predicted molar refractivity (Wildman–Crippen MR) is 78.4 cm³/mol. The Balaban J connectivity index is 2.01. The molecule has 1 aliphatic heterocycles. The zero-order valence-electron chi connectivity index (χ0n) is 11.9. The molecule has 1 aromatic carbocycles. The predicted octanol–water partition coefficient (Wildman–Crippen LogP) is 2.55. The zero-order valence-corrected chi connectivity index (χ0v) is 11.9. The number of benzene rings is 1. The van der Waals surface area contributed by atoms with Crippen molar-refractivity contribution < 1.29 is 9.66 Å². The van der Waals surface area contributed by atoms with E-state index < -0.39 is 4.92 Å². The summed E-state index contributed by atoms with van der Waals surface area (Å²) in [5.74, 6) is 0.283. The lowest BCUT2D eigenvalue weighted by Crippen LogP contribution is -2.29. The molecule has 6 nitrogen and oxygen atoms in total. The van der Waals surface area contributed by atoms with E-state index in [0.717, 1.165) is 18.7 Å². The van der Waals surface area contributed by atoms with Gasteiger partial charge in [0.2, 0.25) is 0 Å². The summed E-state index contributed by atoms with van der Waals surface area (Å²) in [7, 11) is 1.43. The van der Waals surface area contributed by atoms with Gasteiger partial charge < -0.3 is 15.4 Å². The van der Waals surface area contributed by atoms with Crippen LogP contribution >= 0.6 is 0 Å². The first-order valence-electron chi connectivity index (χ1n) is 6.92. The lowest BCUT2D eigenvalue weighted by molar-refractivity contribution is -0.385. The van der Waals surface area contributed by atoms with Gasteiger partial charge in [0.15, 0.2) is 5.75 Å². The monoisotopic (exact) mass is 279 g/mol. The fourth-order valence-electron chi connectivity index (χ4n) is 2.65. The van der Waals surface area contributed by atoms with Gasteiger partial charge in [-0.3, -0.25) is 10.1 Å². The van der Waals surface area contributed by atoms with E-state index in [4.69, 9.17) is 4.74 Å². The van der Waals surface area contributed by atoms with Gasteiger partial charge in [0.05, 0.1) is 12.0 Å². The van der Waals surface area contributed by atoms with Crippen molar-refractivity contribution in [3.8, 4) is 5.75 Å². The SMILES string of the molecule is COc1ccc(NC(C)CC2CCCN2)cc1[N+](=O)[O-]. The van der Waals surface area contributed by atoms with Crippen LogP contribution in [0.2, 0.25) is 0 Å². The average Bonchev–Trinajstić information content (AvgIpc) is 2.91. The fourth-order valence-corrected chi connectivity index (χ4v) is 2.65. The molecule has 0 bridgehead atoms. The van der Waals surface area contributed by atoms with Crippen LogP contribution in [0.5, 0.6) is 5.75 Å². The molecule has 0 saturated carbocycles. The van der Waals surface area contributed by atoms with Crippen LogP contribution in [0.4, 0.5) is 11.4 Å². The van der Waals surface area contributed by atoms with Gasteiger partial charge in [-0.25, -0.2) is 0 Å². The number of nitrogens with zero attached hydrogens (tertiary/aromatic N) is 1. The molecule has 0 amide bonds. The summed E-state index contributed by atoms with van der Waals surface area (Å²) in [5, 5.41) is 17.8. The van der Waals surface area contributed by atoms with E-state index in [1.807, 2.05) is 6.07 Å². The first kappa shape index (κ1) is 14.6. The van der Waals surface area contributed by atoms with E-state index in [1.165, 1.54) is 26.0 Å². The van der Waals surface area contributed by atoms with Gasteiger partial charge >= 0.3 is 5.69 Å². The zero-order chi connectivity index (χ0) is 14.5. The van der Waals surface area contributed by atoms with Gasteiger partial charge in [0.1, 0.15) is 0 Å². The second-order valence-electron chi connectivity index (χ2n) is 5.22. The van der Waals surface area contributed by atoms with Crippen LogP contribution in [-0.4, -0.2) is 30.7 Å². The molecule has 0 spiro atoms. The van der Waals surface area contributed by atoms with Crippen molar-refractivity contribution in [2.75, 3.05) is 19.0 Å². The van der Waals surface area contributed by atoms with Gasteiger partial charge in [-0.05, 0) is 44.9 Å². The number of ether oxygens (including phenoxy) is 1. The highest BCUT2D eigenvalue weighted by molar-refractivity contribution is 5.58. The van der Waals surface area contributed by atoms with Gasteiger partial charge in [-0.2, -0.15) is 0 Å². The van der Waals surface area contributed by atoms with Crippen LogP contribution in [0, 0.1) is 10.1 Å². The molecular formula is C14H21N3O3. The summed E-state index contributed by atoms with van der Waals surface area (Å²) in [5.41, 5.74) is 0.742. The molecule has 1 aromatic rings. The summed E-state index contributed by atoms with van der Waals surface area (Å²) in [6.45, 7) is 3.18. The molecule has 6 heteroatoms. The number of rotatable bonds is 6. The third-order valence-corrected chi connectivity index (χ3v) is 3.59. The molecule has 2 rings (SSSR count). The lowest BCUT2D eigenvalue weighted by atomic mass is 10.1. The van der Waals surface area contributed by atoms with Gasteiger partial charge in [0, 0.05) is 23.8 Å². The standard InChI is InChI=1S/C14H21N3O3/c1-10(8-11-4-3-7-15-11)16-12-5-6-14(20-2)13(9-12)17(18)19/h5-6,9-11,15-16H,3-4,7-8H2,1-2H3. The van der Waals surface area contributed by atoms with Crippen molar-refractivity contribution in [2.24, 2.45) is 0 Å². The molecule has 1 fully saturated rings. The molecule has 1 heterocycles. The van der Waals surface area contributed by atoms with Crippen LogP contribution in [-0.2, 0) is 0 Å². The van der Waals surface area contributed by atoms with E-state index in [2.05, 4.69) is 17.6 Å². The van der Waals surface area contributed by atoms with Gasteiger partial charge in [-0.15, -0.1) is 0 Å². The summed E-state index contributed by atoms with van der Waals surface area (Å²) in [6.07, 6.45) is 3.44. The highest BCUT2D eigenvalue weighted by Crippen LogP contribution is 2.30. The Labute approximate surface area is 118 Å². The number of nitro groups is 1. The molecule has 2 N–H and O–H groups in total. The van der Waals surface area contributed by atoms with E-state index >= 15 is 0 Å². The van der Waals surface area contributed by atoms with Crippen LogP contribution < -0.4 is 15.4 Å². The summed E-state index contributed by atoms with van der Waals surface area (Å²) in [6, 6.07) is 5.77. The van der Waals surface area contributed by atoms with Crippen LogP contribution in [0.3, 0.4) is 0 Å². The average molecular weight is 279 g/mol. The molecule has 0 aromatic heterocycles.